The van der Waals surface area contributed by atoms with Gasteiger partial charge in [-0.05, 0) is 17.2 Å². The third kappa shape index (κ3) is 3.26. The molecule has 0 atom stereocenters. The zero-order valence-corrected chi connectivity index (χ0v) is 8.83. The van der Waals surface area contributed by atoms with Gasteiger partial charge in [-0.25, -0.2) is 4.79 Å². The molecular formula is C11H12O2S. The molecule has 0 bridgehead atoms. The fourth-order valence-electron chi connectivity index (χ4n) is 1.03. The van der Waals surface area contributed by atoms with Crippen molar-refractivity contribution in [2.75, 3.05) is 7.11 Å². The number of hydrogen-bond donors (Lipinski definition) is 1. The molecule has 1 aromatic rings. The molecule has 2 nitrogen and oxygen atoms in total. The standard InChI is InChI=1S/C11H12O2S/c1-13-11(12)6-5-9-3-2-4-10(7-9)8-14/h2-7,14H,8H2,1H3. The predicted octanol–water partition coefficient (Wildman–Crippen LogP) is 2.30. The fourth-order valence-corrected chi connectivity index (χ4v) is 1.22. The number of carbonyl (C=O) groups is 1. The molecule has 0 fully saturated rings. The van der Waals surface area contributed by atoms with Crippen LogP contribution in [0.4, 0.5) is 0 Å². The molecule has 0 N–H and O–H groups in total. The Morgan fingerprint density at radius 2 is 2.36 bits per heavy atom. The highest BCUT2D eigenvalue weighted by atomic mass is 32.1. The van der Waals surface area contributed by atoms with E-state index in [9.17, 15) is 4.79 Å². The molecule has 0 saturated carbocycles. The third-order valence-electron chi connectivity index (χ3n) is 1.75. The van der Waals surface area contributed by atoms with E-state index in [4.69, 9.17) is 0 Å². The van der Waals surface area contributed by atoms with Gasteiger partial charge >= 0.3 is 5.97 Å². The molecule has 0 aliphatic carbocycles. The molecule has 3 heteroatoms. The molecule has 0 aliphatic heterocycles. The zero-order valence-electron chi connectivity index (χ0n) is 7.93. The predicted molar refractivity (Wildman–Crippen MR) is 60.2 cm³/mol. The van der Waals surface area contributed by atoms with E-state index < -0.39 is 0 Å². The molecule has 0 heterocycles. The second-order valence-electron chi connectivity index (χ2n) is 2.76. The Balaban J connectivity index is 2.76. The monoisotopic (exact) mass is 208 g/mol. The first-order valence-corrected chi connectivity index (χ1v) is 4.85. The van der Waals surface area contributed by atoms with Gasteiger partial charge in [0.2, 0.25) is 0 Å². The summed E-state index contributed by atoms with van der Waals surface area (Å²) in [5, 5.41) is 0. The van der Waals surface area contributed by atoms with E-state index in [0.717, 1.165) is 11.1 Å². The summed E-state index contributed by atoms with van der Waals surface area (Å²) >= 11 is 4.17. The molecule has 0 unspecified atom stereocenters. The minimum absolute atomic E-state index is 0.346. The minimum Gasteiger partial charge on any atom is -0.466 e. The molecule has 1 aromatic carbocycles. The van der Waals surface area contributed by atoms with Crippen LogP contribution in [-0.4, -0.2) is 13.1 Å². The van der Waals surface area contributed by atoms with Crippen LogP contribution in [0.1, 0.15) is 11.1 Å². The van der Waals surface area contributed by atoms with Crippen molar-refractivity contribution >= 4 is 24.7 Å². The minimum atomic E-state index is -0.346. The summed E-state index contributed by atoms with van der Waals surface area (Å²) in [7, 11) is 1.36. The van der Waals surface area contributed by atoms with Gasteiger partial charge in [0.05, 0.1) is 7.11 Å². The molecule has 0 aromatic heterocycles. The third-order valence-corrected chi connectivity index (χ3v) is 2.11. The van der Waals surface area contributed by atoms with Crippen molar-refractivity contribution in [2.45, 2.75) is 5.75 Å². The number of thiol groups is 1. The summed E-state index contributed by atoms with van der Waals surface area (Å²) in [6.45, 7) is 0. The molecule has 0 saturated heterocycles. The molecule has 74 valence electrons. The Kier molecular flexibility index (Phi) is 4.26. The highest BCUT2D eigenvalue weighted by molar-refractivity contribution is 7.79. The fraction of sp³-hybridized carbons (Fsp3) is 0.182. The number of hydrogen-bond acceptors (Lipinski definition) is 3. The Labute approximate surface area is 89.0 Å². The highest BCUT2D eigenvalue weighted by Crippen LogP contribution is 2.08. The van der Waals surface area contributed by atoms with E-state index in [2.05, 4.69) is 17.4 Å². The SMILES string of the molecule is COC(=O)C=Cc1cccc(CS)c1. The van der Waals surface area contributed by atoms with Gasteiger partial charge < -0.3 is 4.74 Å². The van der Waals surface area contributed by atoms with Crippen LogP contribution in [0.15, 0.2) is 30.3 Å². The van der Waals surface area contributed by atoms with Gasteiger partial charge in [-0.1, -0.05) is 24.3 Å². The molecular weight excluding hydrogens is 196 g/mol. The Morgan fingerprint density at radius 1 is 1.57 bits per heavy atom. The van der Waals surface area contributed by atoms with Crippen LogP contribution in [0.5, 0.6) is 0 Å². The zero-order chi connectivity index (χ0) is 10.4. The summed E-state index contributed by atoms with van der Waals surface area (Å²) in [5.41, 5.74) is 2.10. The van der Waals surface area contributed by atoms with Crippen molar-refractivity contribution in [3.63, 3.8) is 0 Å². The van der Waals surface area contributed by atoms with E-state index in [-0.39, 0.29) is 5.97 Å². The summed E-state index contributed by atoms with van der Waals surface area (Å²) in [5.74, 6) is 0.348. The molecule has 0 radical (unpaired) electrons. The lowest BCUT2D eigenvalue weighted by atomic mass is 10.1. The van der Waals surface area contributed by atoms with Gasteiger partial charge in [0.15, 0.2) is 0 Å². The van der Waals surface area contributed by atoms with Gasteiger partial charge in [-0.15, -0.1) is 0 Å². The number of benzene rings is 1. The lowest BCUT2D eigenvalue weighted by molar-refractivity contribution is -0.134. The second-order valence-corrected chi connectivity index (χ2v) is 3.08. The van der Waals surface area contributed by atoms with Crippen LogP contribution in [0.3, 0.4) is 0 Å². The van der Waals surface area contributed by atoms with E-state index in [1.54, 1.807) is 6.08 Å². The number of carbonyl (C=O) groups excluding carboxylic acids is 1. The van der Waals surface area contributed by atoms with Crippen molar-refractivity contribution in [1.82, 2.24) is 0 Å². The van der Waals surface area contributed by atoms with Gasteiger partial charge in [0, 0.05) is 11.8 Å². The quantitative estimate of drug-likeness (QED) is 0.468. The molecule has 0 amide bonds. The maximum atomic E-state index is 10.8. The van der Waals surface area contributed by atoms with Gasteiger partial charge in [0.25, 0.3) is 0 Å². The smallest absolute Gasteiger partial charge is 0.330 e. The Hall–Kier alpha value is -1.22. The van der Waals surface area contributed by atoms with Crippen molar-refractivity contribution in [1.29, 1.82) is 0 Å². The largest absolute Gasteiger partial charge is 0.466 e. The van der Waals surface area contributed by atoms with E-state index in [1.807, 2.05) is 24.3 Å². The number of ether oxygens (including phenoxy) is 1. The summed E-state index contributed by atoms with van der Waals surface area (Å²) in [6, 6.07) is 7.82. The van der Waals surface area contributed by atoms with Crippen LogP contribution in [-0.2, 0) is 15.3 Å². The number of esters is 1. The Morgan fingerprint density at radius 3 is 3.00 bits per heavy atom. The lowest BCUT2D eigenvalue weighted by Crippen LogP contribution is -1.93. The van der Waals surface area contributed by atoms with Crippen LogP contribution in [0, 0.1) is 0 Å². The van der Waals surface area contributed by atoms with Gasteiger partial charge in [-0.2, -0.15) is 12.6 Å². The topological polar surface area (TPSA) is 26.3 Å². The first-order chi connectivity index (χ1) is 6.76. The van der Waals surface area contributed by atoms with Crippen molar-refractivity contribution in [2.24, 2.45) is 0 Å². The van der Waals surface area contributed by atoms with Crippen molar-refractivity contribution < 1.29 is 9.53 Å². The summed E-state index contributed by atoms with van der Waals surface area (Å²) in [6.07, 6.45) is 3.12. The summed E-state index contributed by atoms with van der Waals surface area (Å²) < 4.78 is 4.49. The Bertz CT molecular complexity index is 345. The molecule has 1 rings (SSSR count). The average Bonchev–Trinajstić information content (AvgIpc) is 2.26. The van der Waals surface area contributed by atoms with Crippen LogP contribution in [0.2, 0.25) is 0 Å². The van der Waals surface area contributed by atoms with Gasteiger partial charge in [0.1, 0.15) is 0 Å². The first kappa shape index (κ1) is 10.9. The average molecular weight is 208 g/mol. The number of rotatable bonds is 3. The van der Waals surface area contributed by atoms with E-state index >= 15 is 0 Å². The van der Waals surface area contributed by atoms with Crippen molar-refractivity contribution in [3.8, 4) is 0 Å². The first-order valence-electron chi connectivity index (χ1n) is 4.22. The summed E-state index contributed by atoms with van der Waals surface area (Å²) in [4.78, 5) is 10.8. The maximum absolute atomic E-state index is 10.8. The normalized spacial score (nSPS) is 10.4. The van der Waals surface area contributed by atoms with E-state index in [1.165, 1.54) is 13.2 Å². The van der Waals surface area contributed by atoms with Crippen molar-refractivity contribution in [3.05, 3.63) is 41.5 Å². The highest BCUT2D eigenvalue weighted by Gasteiger charge is 1.93. The van der Waals surface area contributed by atoms with Crippen LogP contribution >= 0.6 is 12.6 Å². The molecule has 0 aliphatic rings. The van der Waals surface area contributed by atoms with Crippen LogP contribution in [0.25, 0.3) is 6.08 Å². The molecule has 0 spiro atoms. The maximum Gasteiger partial charge on any atom is 0.330 e. The molecule has 14 heavy (non-hydrogen) atoms. The van der Waals surface area contributed by atoms with Gasteiger partial charge in [-0.3, -0.25) is 0 Å². The lowest BCUT2D eigenvalue weighted by Gasteiger charge is -1.97. The second kappa shape index (κ2) is 5.50. The van der Waals surface area contributed by atoms with E-state index in [0.29, 0.717) is 5.75 Å². The van der Waals surface area contributed by atoms with Crippen LogP contribution < -0.4 is 0 Å². The number of methoxy groups -OCH3 is 1.